The monoisotopic (exact) mass is 1440 g/mol. The number of aromatic nitrogens is 6. The third-order valence-corrected chi connectivity index (χ3v) is 18.5. The molecule has 104 heavy (non-hydrogen) atoms. The summed E-state index contributed by atoms with van der Waals surface area (Å²) in [5.74, 6) is 0.396. The molecule has 4 aliphatic rings. The number of pyridine rings is 2. The van der Waals surface area contributed by atoms with Gasteiger partial charge in [-0.3, -0.25) is 28.5 Å². The molecule has 8 heterocycles. The lowest BCUT2D eigenvalue weighted by Crippen LogP contribution is -2.50. The van der Waals surface area contributed by atoms with E-state index in [2.05, 4.69) is 39.9 Å². The van der Waals surface area contributed by atoms with Crippen LogP contribution in [-0.2, 0) is 66.3 Å². The molecule has 4 fully saturated rings. The molecule has 0 unspecified atom stereocenters. The summed E-state index contributed by atoms with van der Waals surface area (Å²) in [4.78, 5) is 118. The zero-order valence-corrected chi connectivity index (χ0v) is 61.0. The van der Waals surface area contributed by atoms with Gasteiger partial charge in [-0.1, -0.05) is 72.8 Å². The molecule has 0 atom stereocenters. The minimum atomic E-state index is -3.58. The van der Waals surface area contributed by atoms with Crippen LogP contribution in [-0.4, -0.2) is 233 Å². The Morgan fingerprint density at radius 2 is 0.856 bits per heavy atom. The van der Waals surface area contributed by atoms with Gasteiger partial charge in [-0.2, -0.15) is 9.97 Å². The third-order valence-electron chi connectivity index (χ3n) is 17.7. The smallest absolute Gasteiger partial charge is 0.410 e. The summed E-state index contributed by atoms with van der Waals surface area (Å²) in [6.45, 7) is 24.1. The SMILES string of the molecule is CC(C)(C)OC(=O)N1CCN(CCn2c(=O)ccc3cnc(Nc4ccc(N5CCN(C(=O)OCc6ccccc6)CC5)cc4)nc32)CC1.CC(C)(C)OC(=O)N1CCN(CCn2c(=O)ccc3cnc(S(C)(=O)=O)nc32)CC1.O=CCc1ccc(N2CCN(C(=O)OCc3ccccc3)CC2)cc1. The van der Waals surface area contributed by atoms with E-state index in [1.165, 1.54) is 16.8 Å². The maximum Gasteiger partial charge on any atom is 0.410 e. The Kier molecular flexibility index (Phi) is 25.7. The number of hydrogen-bond donors (Lipinski definition) is 1. The zero-order chi connectivity index (χ0) is 74.0. The van der Waals surface area contributed by atoms with Gasteiger partial charge in [0.2, 0.25) is 20.9 Å². The summed E-state index contributed by atoms with van der Waals surface area (Å²) in [5.41, 5.74) is 5.39. The van der Waals surface area contributed by atoms with Crippen molar-refractivity contribution in [3.05, 3.63) is 183 Å². The molecule has 4 amide bonds. The van der Waals surface area contributed by atoms with Crippen LogP contribution >= 0.6 is 0 Å². The van der Waals surface area contributed by atoms with Gasteiger partial charge in [0.05, 0.1) is 0 Å². The molecule has 4 aromatic carbocycles. The fourth-order valence-corrected chi connectivity index (χ4v) is 12.5. The lowest BCUT2D eigenvalue weighted by Gasteiger charge is -2.35. The molecule has 0 spiro atoms. The van der Waals surface area contributed by atoms with Crippen LogP contribution in [0.25, 0.3) is 22.1 Å². The topological polar surface area (TPSA) is 290 Å². The number of hydrogen-bond acceptors (Lipinski definition) is 22. The normalized spacial score (nSPS) is 15.5. The molecular formula is C75H93N15O13S. The van der Waals surface area contributed by atoms with E-state index < -0.39 is 21.0 Å². The minimum Gasteiger partial charge on any atom is -0.445 e. The van der Waals surface area contributed by atoms with E-state index in [0.29, 0.717) is 153 Å². The van der Waals surface area contributed by atoms with Gasteiger partial charge >= 0.3 is 24.4 Å². The van der Waals surface area contributed by atoms with Crippen molar-refractivity contribution in [1.29, 1.82) is 0 Å². The quantitative estimate of drug-likeness (QED) is 0.0510. The van der Waals surface area contributed by atoms with Crippen molar-refractivity contribution in [2.45, 2.75) is 90.6 Å². The molecule has 4 aromatic heterocycles. The largest absolute Gasteiger partial charge is 0.445 e. The molecule has 552 valence electrons. The van der Waals surface area contributed by atoms with E-state index in [1.807, 2.05) is 151 Å². The summed E-state index contributed by atoms with van der Waals surface area (Å²) < 4.78 is 48.5. The number of amides is 4. The fourth-order valence-electron chi connectivity index (χ4n) is 12.0. The van der Waals surface area contributed by atoms with Crippen molar-refractivity contribution in [2.75, 3.05) is 139 Å². The van der Waals surface area contributed by atoms with Gasteiger partial charge in [0, 0.05) is 196 Å². The molecule has 28 nitrogen and oxygen atoms in total. The first-order valence-corrected chi connectivity index (χ1v) is 36.9. The highest BCUT2D eigenvalue weighted by atomic mass is 32.2. The van der Waals surface area contributed by atoms with E-state index in [1.54, 1.807) is 48.6 Å². The highest BCUT2D eigenvalue weighted by Crippen LogP contribution is 2.24. The minimum absolute atomic E-state index is 0.126. The predicted octanol–water partition coefficient (Wildman–Crippen LogP) is 8.18. The maximum absolute atomic E-state index is 12.9. The van der Waals surface area contributed by atoms with Crippen molar-refractivity contribution in [2.24, 2.45) is 0 Å². The number of piperazine rings is 4. The third kappa shape index (κ3) is 22.0. The van der Waals surface area contributed by atoms with E-state index in [0.717, 1.165) is 64.8 Å². The first kappa shape index (κ1) is 76.1. The summed E-state index contributed by atoms with van der Waals surface area (Å²) in [7, 11) is -3.58. The van der Waals surface area contributed by atoms with Crippen LogP contribution in [0.4, 0.5) is 42.2 Å². The number of anilines is 4. The molecule has 29 heteroatoms. The Bertz CT molecular complexity index is 4450. The number of nitrogens with one attached hydrogen (secondary N) is 1. The van der Waals surface area contributed by atoms with Crippen molar-refractivity contribution < 1.29 is 51.3 Å². The summed E-state index contributed by atoms with van der Waals surface area (Å²) in [6.07, 6.45) is 4.36. The second-order valence-corrected chi connectivity index (χ2v) is 29.6. The molecule has 0 saturated carbocycles. The van der Waals surface area contributed by atoms with Crippen LogP contribution in [0.3, 0.4) is 0 Å². The van der Waals surface area contributed by atoms with E-state index in [4.69, 9.17) is 23.9 Å². The average molecular weight is 1440 g/mol. The van der Waals surface area contributed by atoms with Crippen molar-refractivity contribution in [3.63, 3.8) is 0 Å². The van der Waals surface area contributed by atoms with Crippen LogP contribution in [0.2, 0.25) is 0 Å². The van der Waals surface area contributed by atoms with Gasteiger partial charge in [0.25, 0.3) is 11.1 Å². The Hall–Kier alpha value is -10.5. The summed E-state index contributed by atoms with van der Waals surface area (Å²) >= 11 is 0. The van der Waals surface area contributed by atoms with E-state index >= 15 is 0 Å². The summed E-state index contributed by atoms with van der Waals surface area (Å²) in [5, 5.41) is 4.34. The molecule has 8 aromatic rings. The van der Waals surface area contributed by atoms with Crippen molar-refractivity contribution in [1.82, 2.24) is 58.5 Å². The average Bonchev–Trinajstić information content (AvgIpc) is 0.795. The molecule has 0 aliphatic carbocycles. The molecule has 4 aliphatic heterocycles. The number of benzene rings is 4. The molecular weight excluding hydrogens is 1350 g/mol. The molecule has 4 saturated heterocycles. The number of rotatable bonds is 17. The fraction of sp³-hybridized carbons (Fsp3) is 0.427. The van der Waals surface area contributed by atoms with Gasteiger partial charge in [0.15, 0.2) is 0 Å². The number of fused-ring (bicyclic) bond motifs is 2. The number of ether oxygens (including phenoxy) is 4. The summed E-state index contributed by atoms with van der Waals surface area (Å²) in [6, 6.07) is 41.7. The Balaban J connectivity index is 0.000000180. The van der Waals surface area contributed by atoms with Crippen LogP contribution in [0, 0.1) is 0 Å². The predicted molar refractivity (Wildman–Crippen MR) is 396 cm³/mol. The standard InChI is InChI=1S/C36H44N8O5.C20H22N2O3.C19H27N5O5S/c1-36(2,3)49-35(47)43-18-15-40(16-19-43)17-24-44-31(45)14-9-28-25-37-33(39-32(28)44)38-29-10-12-30(13-11-29)41-20-22-42(23-21-41)34(46)48-26-27-7-5-4-6-8-27;23-15-10-17-6-8-19(9-7-17)21-11-13-22(14-12-21)20(24)25-16-18-4-2-1-3-5-18;1-19(2,3)29-18(26)23-10-7-22(8-11-23)9-12-24-15(25)6-5-14-13-20-17(21-16(14)24)30(4,27)28/h4-14,25H,15-24,26H2,1-3H3,(H,37,38,39);1-9,15H,10-14,16H2;5-6,13H,7-12H2,1-4H3. The number of aldehydes is 1. The zero-order valence-electron chi connectivity index (χ0n) is 60.2. The second kappa shape index (κ2) is 35.1. The molecule has 0 radical (unpaired) electrons. The lowest BCUT2D eigenvalue weighted by atomic mass is 10.1. The molecule has 0 bridgehead atoms. The number of sulfone groups is 1. The van der Waals surface area contributed by atoms with Crippen molar-refractivity contribution >= 4 is 85.6 Å². The molecule has 12 rings (SSSR count). The first-order valence-electron chi connectivity index (χ1n) is 35.0. The van der Waals surface area contributed by atoms with Gasteiger partial charge in [-0.05, 0) is 107 Å². The second-order valence-electron chi connectivity index (χ2n) is 27.7. The van der Waals surface area contributed by atoms with Crippen LogP contribution in [0.15, 0.2) is 161 Å². The van der Waals surface area contributed by atoms with Crippen molar-refractivity contribution in [3.8, 4) is 0 Å². The van der Waals surface area contributed by atoms with Gasteiger partial charge in [0.1, 0.15) is 42.0 Å². The number of carbonyl (C=O) groups excluding carboxylic acids is 5. The molecule has 1 N–H and O–H groups in total. The highest BCUT2D eigenvalue weighted by Gasteiger charge is 2.29. The highest BCUT2D eigenvalue weighted by molar-refractivity contribution is 7.90. The van der Waals surface area contributed by atoms with Crippen LogP contribution in [0.1, 0.15) is 58.2 Å². The number of carbonyl (C=O) groups is 5. The van der Waals surface area contributed by atoms with Crippen LogP contribution < -0.4 is 26.2 Å². The van der Waals surface area contributed by atoms with E-state index in [9.17, 15) is 42.0 Å². The Morgan fingerprint density at radius 1 is 0.462 bits per heavy atom. The first-order chi connectivity index (χ1) is 49.8. The van der Waals surface area contributed by atoms with Gasteiger partial charge in [-0.25, -0.2) is 37.6 Å². The maximum atomic E-state index is 12.9. The number of nitrogens with zero attached hydrogens (tertiary/aromatic N) is 14. The Labute approximate surface area is 605 Å². The van der Waals surface area contributed by atoms with Gasteiger partial charge in [-0.15, -0.1) is 0 Å². The van der Waals surface area contributed by atoms with Crippen LogP contribution in [0.5, 0.6) is 0 Å². The lowest BCUT2D eigenvalue weighted by molar-refractivity contribution is -0.107. The van der Waals surface area contributed by atoms with E-state index in [-0.39, 0.29) is 47.3 Å². The van der Waals surface area contributed by atoms with Gasteiger partial charge < -0.3 is 58.5 Å². The Morgan fingerprint density at radius 3 is 1.27 bits per heavy atom.